The summed E-state index contributed by atoms with van der Waals surface area (Å²) in [4.78, 5) is 37.9. The summed E-state index contributed by atoms with van der Waals surface area (Å²) in [5.41, 5.74) is 1.33. The summed E-state index contributed by atoms with van der Waals surface area (Å²) in [6.45, 7) is 11.2. The molecule has 0 aromatic rings. The second kappa shape index (κ2) is 14.8. The highest BCUT2D eigenvalue weighted by Crippen LogP contribution is 2.67. The number of aliphatic hydroxyl groups is 4. The third-order valence-electron chi connectivity index (χ3n) is 13.1. The van der Waals surface area contributed by atoms with Crippen molar-refractivity contribution < 1.29 is 53.8 Å². The van der Waals surface area contributed by atoms with Gasteiger partial charge in [-0.2, -0.15) is 0 Å². The van der Waals surface area contributed by atoms with Crippen molar-refractivity contribution in [1.82, 2.24) is 0 Å². The van der Waals surface area contributed by atoms with Gasteiger partial charge in [0.25, 0.3) is 0 Å². The first-order valence-corrected chi connectivity index (χ1v) is 18.1. The van der Waals surface area contributed by atoms with Gasteiger partial charge in [-0.1, -0.05) is 39.3 Å². The Hall–Kier alpha value is -1.89. The second-order valence-electron chi connectivity index (χ2n) is 16.1. The van der Waals surface area contributed by atoms with E-state index >= 15 is 0 Å². The van der Waals surface area contributed by atoms with Crippen molar-refractivity contribution in [2.75, 3.05) is 13.2 Å². The molecule has 1 saturated heterocycles. The summed E-state index contributed by atoms with van der Waals surface area (Å²) in [5.74, 6) is 0.398. The number of carbonyl (C=O) groups excluding carboxylic acids is 3. The van der Waals surface area contributed by atoms with E-state index in [-0.39, 0.29) is 65.1 Å². The summed E-state index contributed by atoms with van der Waals surface area (Å²) in [5, 5.41) is 39.8. The van der Waals surface area contributed by atoms with Crippen molar-refractivity contribution >= 4 is 17.7 Å². The van der Waals surface area contributed by atoms with E-state index in [1.54, 1.807) is 0 Å². The first-order valence-electron chi connectivity index (χ1n) is 18.1. The van der Waals surface area contributed by atoms with E-state index in [9.17, 15) is 34.8 Å². The van der Waals surface area contributed by atoms with Crippen molar-refractivity contribution in [2.24, 2.45) is 46.3 Å². The van der Waals surface area contributed by atoms with Crippen LogP contribution in [-0.2, 0) is 33.3 Å². The zero-order valence-corrected chi connectivity index (χ0v) is 29.5. The lowest BCUT2D eigenvalue weighted by molar-refractivity contribution is -0.303. The molecule has 1 unspecified atom stereocenters. The zero-order valence-electron chi connectivity index (χ0n) is 29.5. The number of Topliss-reactive ketones (excluding diaryl/α,β-unsaturated/α-hetero) is 1. The highest BCUT2D eigenvalue weighted by Gasteiger charge is 2.63. The first-order chi connectivity index (χ1) is 22.6. The van der Waals surface area contributed by atoms with Crippen LogP contribution in [0.25, 0.3) is 0 Å². The standard InChI is InChI=1S/C37H58O11/c1-19(18-45-35-34(44)33(43)32(42)30(17-38)48-35)7-10-28(41)20(2)31-29(47-22(4)40)16-27-25-9-8-23-15-24(46-21(3)39)11-13-36(23,5)26(25)12-14-37(27,31)6/h8,19-20,24-27,29-35,38,42-44H,7,9-18H2,1-6H3/t19-,20-,24+,25-,26+,27+,29+,30-,31?,32-,33+,34-,35-,36+,37+/m1/s1. The van der Waals surface area contributed by atoms with Crippen LogP contribution in [0.5, 0.6) is 0 Å². The Morgan fingerprint density at radius 3 is 2.35 bits per heavy atom. The minimum Gasteiger partial charge on any atom is -0.462 e. The number of fused-ring (bicyclic) bond motifs is 5. The minimum absolute atomic E-state index is 0.0506. The molecule has 5 rings (SSSR count). The highest BCUT2D eigenvalue weighted by molar-refractivity contribution is 5.81. The Bertz CT molecular complexity index is 1220. The predicted octanol–water partition coefficient (Wildman–Crippen LogP) is 3.48. The molecule has 4 aliphatic carbocycles. The van der Waals surface area contributed by atoms with Crippen molar-refractivity contribution in [3.63, 3.8) is 0 Å². The second-order valence-corrected chi connectivity index (χ2v) is 16.1. The normalized spacial score (nSPS) is 43.5. The van der Waals surface area contributed by atoms with Crippen molar-refractivity contribution in [2.45, 2.75) is 142 Å². The van der Waals surface area contributed by atoms with Gasteiger partial charge in [-0.15, -0.1) is 0 Å². The molecular formula is C37H58O11. The number of carbonyl (C=O) groups is 3. The summed E-state index contributed by atoms with van der Waals surface area (Å²) >= 11 is 0. The van der Waals surface area contributed by atoms with Crippen LogP contribution in [0.2, 0.25) is 0 Å². The molecule has 4 N–H and O–H groups in total. The van der Waals surface area contributed by atoms with E-state index in [1.165, 1.54) is 19.4 Å². The molecule has 0 bridgehead atoms. The van der Waals surface area contributed by atoms with Gasteiger partial charge in [-0.25, -0.2) is 0 Å². The van der Waals surface area contributed by atoms with Crippen LogP contribution in [0, 0.1) is 46.3 Å². The van der Waals surface area contributed by atoms with Crippen LogP contribution in [0.15, 0.2) is 11.6 Å². The van der Waals surface area contributed by atoms with Gasteiger partial charge >= 0.3 is 11.9 Å². The maximum Gasteiger partial charge on any atom is 0.302 e. The lowest BCUT2D eigenvalue weighted by Crippen LogP contribution is -2.59. The average Bonchev–Trinajstić information content (AvgIpc) is 3.32. The van der Waals surface area contributed by atoms with E-state index in [0.717, 1.165) is 44.9 Å². The third-order valence-corrected chi connectivity index (χ3v) is 13.1. The number of hydrogen-bond acceptors (Lipinski definition) is 11. The maximum atomic E-state index is 13.9. The lowest BCUT2D eigenvalue weighted by atomic mass is 9.47. The summed E-state index contributed by atoms with van der Waals surface area (Å²) < 4.78 is 22.8. The van der Waals surface area contributed by atoms with E-state index in [0.29, 0.717) is 30.6 Å². The fourth-order valence-corrected chi connectivity index (χ4v) is 10.6. The molecule has 0 spiro atoms. The Balaban J connectivity index is 1.23. The molecule has 1 aliphatic heterocycles. The van der Waals surface area contributed by atoms with Gasteiger partial charge in [0.05, 0.1) is 13.2 Å². The number of ketones is 1. The number of rotatable bonds is 11. The molecule has 1 heterocycles. The van der Waals surface area contributed by atoms with E-state index < -0.39 is 37.3 Å². The molecule has 11 heteroatoms. The highest BCUT2D eigenvalue weighted by atomic mass is 16.7. The fourth-order valence-electron chi connectivity index (χ4n) is 10.6. The molecule has 0 radical (unpaired) electrons. The Morgan fingerprint density at radius 2 is 1.69 bits per heavy atom. The SMILES string of the molecule is CC(=O)O[C@H]1CC[C@@]2(C)C(=CC[C@@H]3[C@@H]2CC[C@]2(C)C([C@H](C)C(=O)CC[C@@H](C)CO[C@@H]4O[C@H](CO)[C@@H](O)[C@H](O)[C@H]4O)[C@@H](OC(C)=O)C[C@@H]32)C1. The van der Waals surface area contributed by atoms with Gasteiger partial charge in [-0.3, -0.25) is 14.4 Å². The van der Waals surface area contributed by atoms with Gasteiger partial charge in [-0.05, 0) is 79.4 Å². The third kappa shape index (κ3) is 7.15. The monoisotopic (exact) mass is 678 g/mol. The van der Waals surface area contributed by atoms with Crippen LogP contribution in [-0.4, -0.2) is 94.3 Å². The maximum absolute atomic E-state index is 13.9. The van der Waals surface area contributed by atoms with Crippen molar-refractivity contribution in [1.29, 1.82) is 0 Å². The quantitative estimate of drug-likeness (QED) is 0.187. The van der Waals surface area contributed by atoms with Crippen molar-refractivity contribution in [3.8, 4) is 0 Å². The molecule has 272 valence electrons. The first kappa shape index (κ1) is 37.4. The van der Waals surface area contributed by atoms with Crippen LogP contribution in [0.1, 0.15) is 99.3 Å². The largest absolute Gasteiger partial charge is 0.462 e. The Labute approximate surface area is 284 Å². The molecule has 0 aromatic carbocycles. The van der Waals surface area contributed by atoms with Gasteiger partial charge < -0.3 is 39.4 Å². The summed E-state index contributed by atoms with van der Waals surface area (Å²) in [7, 11) is 0. The molecule has 0 amide bonds. The molecular weight excluding hydrogens is 620 g/mol. The predicted molar refractivity (Wildman–Crippen MR) is 174 cm³/mol. The molecule has 4 fully saturated rings. The molecule has 11 nitrogen and oxygen atoms in total. The lowest BCUT2D eigenvalue weighted by Gasteiger charge is -2.58. The van der Waals surface area contributed by atoms with Crippen molar-refractivity contribution in [3.05, 3.63) is 11.6 Å². The molecule has 0 aromatic heterocycles. The number of hydrogen-bond donors (Lipinski definition) is 4. The summed E-state index contributed by atoms with van der Waals surface area (Å²) in [6, 6.07) is 0. The molecule has 15 atom stereocenters. The van der Waals surface area contributed by atoms with Gasteiger partial charge in [0, 0.05) is 38.5 Å². The van der Waals surface area contributed by atoms with Crippen LogP contribution in [0.4, 0.5) is 0 Å². The minimum atomic E-state index is -1.51. The van der Waals surface area contributed by atoms with E-state index in [2.05, 4.69) is 19.9 Å². The summed E-state index contributed by atoms with van der Waals surface area (Å²) in [6.07, 6.45) is 2.63. The van der Waals surface area contributed by atoms with Crippen LogP contribution >= 0.6 is 0 Å². The smallest absolute Gasteiger partial charge is 0.302 e. The Kier molecular flexibility index (Phi) is 11.5. The van der Waals surface area contributed by atoms with Crippen LogP contribution < -0.4 is 0 Å². The van der Waals surface area contributed by atoms with Gasteiger partial charge in [0.15, 0.2) is 6.29 Å². The van der Waals surface area contributed by atoms with Crippen LogP contribution in [0.3, 0.4) is 0 Å². The van der Waals surface area contributed by atoms with E-state index in [1.807, 2.05) is 13.8 Å². The Morgan fingerprint density at radius 1 is 0.979 bits per heavy atom. The number of allylic oxidation sites excluding steroid dienone is 1. The van der Waals surface area contributed by atoms with E-state index in [4.69, 9.17) is 18.9 Å². The average molecular weight is 679 g/mol. The van der Waals surface area contributed by atoms with Gasteiger partial charge in [0.2, 0.25) is 0 Å². The number of aliphatic hydroxyl groups excluding tert-OH is 4. The number of esters is 2. The topological polar surface area (TPSA) is 169 Å². The molecule has 5 aliphatic rings. The number of ether oxygens (including phenoxy) is 4. The van der Waals surface area contributed by atoms with Gasteiger partial charge in [0.1, 0.15) is 42.4 Å². The fraction of sp³-hybridized carbons (Fsp3) is 0.865. The zero-order chi connectivity index (χ0) is 35.1. The molecule has 48 heavy (non-hydrogen) atoms. The molecule has 3 saturated carbocycles.